The van der Waals surface area contributed by atoms with Crippen molar-refractivity contribution in [2.24, 2.45) is 0 Å². The Morgan fingerprint density at radius 3 is 2.62 bits per heavy atom. The number of rotatable bonds is 0. The van der Waals surface area contributed by atoms with Gasteiger partial charge in [0.25, 0.3) is 0 Å². The highest BCUT2D eigenvalue weighted by atomic mass is 35.5. The highest BCUT2D eigenvalue weighted by Gasteiger charge is 2.32. The fourth-order valence-electron chi connectivity index (χ4n) is 1.67. The second-order valence-corrected chi connectivity index (χ2v) is 5.23. The third kappa shape index (κ3) is 1.66. The Hall–Kier alpha value is -0.870. The molecule has 2 rings (SSSR count). The number of anilines is 2. The first-order valence-corrected chi connectivity index (χ1v) is 5.70. The van der Waals surface area contributed by atoms with E-state index >= 15 is 0 Å². The lowest BCUT2D eigenvalue weighted by Gasteiger charge is -2.36. The van der Waals surface area contributed by atoms with E-state index in [9.17, 15) is 4.39 Å². The Labute approximate surface area is 104 Å². The lowest BCUT2D eigenvalue weighted by atomic mass is 9.99. The molecule has 5 heteroatoms. The van der Waals surface area contributed by atoms with Crippen molar-refractivity contribution >= 4 is 40.2 Å². The molecule has 0 aromatic heterocycles. The van der Waals surface area contributed by atoms with E-state index in [-0.39, 0.29) is 5.02 Å². The van der Waals surface area contributed by atoms with Crippen molar-refractivity contribution in [1.82, 2.24) is 0 Å². The maximum atomic E-state index is 13.5. The molecule has 0 bridgehead atoms. The molecule has 2 nitrogen and oxygen atoms in total. The lowest BCUT2D eigenvalue weighted by molar-refractivity contribution is 0.626. The average Bonchev–Trinajstić information content (AvgIpc) is 2.18. The quantitative estimate of drug-likeness (QED) is 0.694. The first kappa shape index (κ1) is 11.6. The summed E-state index contributed by atoms with van der Waals surface area (Å²) in [6, 6.07) is 1.40. The summed E-state index contributed by atoms with van der Waals surface area (Å²) >= 11 is 11.2. The second kappa shape index (κ2) is 3.57. The van der Waals surface area contributed by atoms with E-state index < -0.39 is 11.4 Å². The van der Waals surface area contributed by atoms with Crippen molar-refractivity contribution in [3.8, 4) is 0 Å². The molecular weight excluding hydrogens is 247 g/mol. The van der Waals surface area contributed by atoms with Gasteiger partial charge in [-0.1, -0.05) is 23.8 Å². The highest BCUT2D eigenvalue weighted by molar-refractivity contribution is 7.80. The largest absolute Gasteiger partial charge is 0.371 e. The van der Waals surface area contributed by atoms with Crippen LogP contribution < -0.4 is 10.6 Å². The number of hydrogen-bond acceptors (Lipinski definition) is 2. The molecule has 0 aliphatic carbocycles. The fraction of sp³-hybridized carbons (Fsp3) is 0.364. The lowest BCUT2D eigenvalue weighted by Crippen LogP contribution is -2.46. The first-order valence-electron chi connectivity index (χ1n) is 4.91. The normalized spacial score (nSPS) is 17.4. The molecule has 16 heavy (non-hydrogen) atoms. The van der Waals surface area contributed by atoms with Crippen LogP contribution in [0, 0.1) is 12.7 Å². The van der Waals surface area contributed by atoms with Crippen LogP contribution >= 0.6 is 23.8 Å². The van der Waals surface area contributed by atoms with E-state index in [0.717, 1.165) is 11.3 Å². The predicted molar refractivity (Wildman–Crippen MR) is 70.1 cm³/mol. The molecule has 0 saturated carbocycles. The molecule has 1 aliphatic heterocycles. The van der Waals surface area contributed by atoms with Gasteiger partial charge in [-0.25, -0.2) is 4.39 Å². The summed E-state index contributed by atoms with van der Waals surface area (Å²) in [5.74, 6) is -0.421. The van der Waals surface area contributed by atoms with Crippen LogP contribution in [-0.2, 0) is 0 Å². The van der Waals surface area contributed by atoms with Crippen LogP contribution in [0.15, 0.2) is 6.07 Å². The van der Waals surface area contributed by atoms with Crippen LogP contribution in [0.4, 0.5) is 15.8 Å². The zero-order valence-electron chi connectivity index (χ0n) is 9.24. The molecule has 0 radical (unpaired) electrons. The van der Waals surface area contributed by atoms with Crippen LogP contribution in [0.1, 0.15) is 19.4 Å². The Morgan fingerprint density at radius 2 is 2.00 bits per heavy atom. The highest BCUT2D eigenvalue weighted by Crippen LogP contribution is 2.40. The molecule has 0 spiro atoms. The molecule has 2 N–H and O–H groups in total. The van der Waals surface area contributed by atoms with E-state index in [1.165, 1.54) is 6.07 Å². The maximum Gasteiger partial charge on any atom is 0.144 e. The Balaban J connectivity index is 2.64. The van der Waals surface area contributed by atoms with Gasteiger partial charge in [0.2, 0.25) is 0 Å². The van der Waals surface area contributed by atoms with Gasteiger partial charge in [0.15, 0.2) is 0 Å². The summed E-state index contributed by atoms with van der Waals surface area (Å²) in [4.78, 5) is 0.672. The van der Waals surface area contributed by atoms with Crippen LogP contribution in [0.25, 0.3) is 0 Å². The van der Waals surface area contributed by atoms with Gasteiger partial charge in [0.05, 0.1) is 16.9 Å². The summed E-state index contributed by atoms with van der Waals surface area (Å²) in [6.07, 6.45) is 0. The fourth-order valence-corrected chi connectivity index (χ4v) is 2.02. The van der Waals surface area contributed by atoms with Crippen LogP contribution in [-0.4, -0.2) is 10.5 Å². The standard InChI is InChI=1S/C11H12ClFN2S/c1-5-4-6(13)7(12)9-8(5)14-10(16)11(2,3)15-9/h4,15H,1-3H3,(H,14,16). The molecule has 0 saturated heterocycles. The van der Waals surface area contributed by atoms with Crippen molar-refractivity contribution in [3.63, 3.8) is 0 Å². The third-order valence-corrected chi connectivity index (χ3v) is 3.64. The predicted octanol–water partition coefficient (Wildman–Crippen LogP) is 3.73. The summed E-state index contributed by atoms with van der Waals surface area (Å²) in [6.45, 7) is 5.65. The number of aryl methyl sites for hydroxylation is 1. The van der Waals surface area contributed by atoms with Gasteiger partial charge >= 0.3 is 0 Å². The number of fused-ring (bicyclic) bond motifs is 1. The second-order valence-electron chi connectivity index (χ2n) is 4.44. The number of hydrogen-bond donors (Lipinski definition) is 2. The molecule has 0 fully saturated rings. The molecule has 86 valence electrons. The molecule has 1 aromatic rings. The molecule has 0 atom stereocenters. The van der Waals surface area contributed by atoms with E-state index in [4.69, 9.17) is 23.8 Å². The Kier molecular flexibility index (Phi) is 2.59. The van der Waals surface area contributed by atoms with Crippen molar-refractivity contribution in [3.05, 3.63) is 22.5 Å². The summed E-state index contributed by atoms with van der Waals surface area (Å²) in [7, 11) is 0. The molecule has 1 heterocycles. The van der Waals surface area contributed by atoms with Gasteiger partial charge in [-0.3, -0.25) is 0 Å². The van der Waals surface area contributed by atoms with Crippen molar-refractivity contribution in [1.29, 1.82) is 0 Å². The van der Waals surface area contributed by atoms with Crippen LogP contribution in [0.3, 0.4) is 0 Å². The van der Waals surface area contributed by atoms with Crippen molar-refractivity contribution in [2.45, 2.75) is 26.3 Å². The number of thiocarbonyl (C=S) groups is 1. The molecule has 1 aromatic carbocycles. The van der Waals surface area contributed by atoms with Gasteiger partial charge in [-0.2, -0.15) is 0 Å². The summed E-state index contributed by atoms with van der Waals surface area (Å²) < 4.78 is 13.5. The first-order chi connectivity index (χ1) is 7.33. The minimum atomic E-state index is -0.424. The van der Waals surface area contributed by atoms with Crippen molar-refractivity contribution in [2.75, 3.05) is 10.6 Å². The molecular formula is C11H12ClFN2S. The molecule has 1 aliphatic rings. The summed E-state index contributed by atoms with van der Waals surface area (Å²) in [5.41, 5.74) is 1.70. The third-order valence-electron chi connectivity index (χ3n) is 2.66. The Bertz CT molecular complexity index is 485. The van der Waals surface area contributed by atoms with Gasteiger partial charge < -0.3 is 10.6 Å². The van der Waals surface area contributed by atoms with Gasteiger partial charge in [-0.05, 0) is 32.4 Å². The van der Waals surface area contributed by atoms with Crippen molar-refractivity contribution < 1.29 is 4.39 Å². The monoisotopic (exact) mass is 258 g/mol. The SMILES string of the molecule is Cc1cc(F)c(Cl)c2c1NC(=S)C(C)(C)N2. The van der Waals surface area contributed by atoms with Crippen LogP contribution in [0.5, 0.6) is 0 Å². The van der Waals surface area contributed by atoms with Gasteiger partial charge in [0.1, 0.15) is 15.8 Å². The summed E-state index contributed by atoms with van der Waals surface area (Å²) in [5, 5.41) is 6.37. The topological polar surface area (TPSA) is 24.1 Å². The van der Waals surface area contributed by atoms with Gasteiger partial charge in [-0.15, -0.1) is 0 Å². The minimum absolute atomic E-state index is 0.101. The Morgan fingerprint density at radius 1 is 1.38 bits per heavy atom. The van der Waals surface area contributed by atoms with Crippen LogP contribution in [0.2, 0.25) is 5.02 Å². The van der Waals surface area contributed by atoms with Gasteiger partial charge in [0, 0.05) is 0 Å². The number of nitrogens with one attached hydrogen (secondary N) is 2. The zero-order chi connectivity index (χ0) is 12.1. The molecule has 0 unspecified atom stereocenters. The van der Waals surface area contributed by atoms with E-state index in [2.05, 4.69) is 10.6 Å². The van der Waals surface area contributed by atoms with E-state index in [0.29, 0.717) is 10.7 Å². The maximum absolute atomic E-state index is 13.5. The molecule has 0 amide bonds. The smallest absolute Gasteiger partial charge is 0.144 e. The number of benzene rings is 1. The number of halogens is 2. The average molecular weight is 259 g/mol. The zero-order valence-corrected chi connectivity index (χ0v) is 10.8. The van der Waals surface area contributed by atoms with E-state index in [1.807, 2.05) is 20.8 Å². The van der Waals surface area contributed by atoms with E-state index in [1.54, 1.807) is 0 Å². The minimum Gasteiger partial charge on any atom is -0.371 e.